The van der Waals surface area contributed by atoms with Gasteiger partial charge in [-0.15, -0.1) is 0 Å². The highest BCUT2D eigenvalue weighted by atomic mass is 32.2. The molecule has 2 unspecified atom stereocenters. The molecule has 19 heavy (non-hydrogen) atoms. The fourth-order valence-electron chi connectivity index (χ4n) is 3.08. The predicted molar refractivity (Wildman–Crippen MR) is 67.5 cm³/mol. The summed E-state index contributed by atoms with van der Waals surface area (Å²) in [6, 6.07) is -0.229. The highest BCUT2D eigenvalue weighted by Gasteiger charge is 2.46. The van der Waals surface area contributed by atoms with E-state index >= 15 is 0 Å². The summed E-state index contributed by atoms with van der Waals surface area (Å²) >= 11 is 0. The minimum Gasteiger partial charge on any atom is -0.393 e. The maximum absolute atomic E-state index is 12.6. The zero-order chi connectivity index (χ0) is 13.6. The molecule has 3 rings (SSSR count). The van der Waals surface area contributed by atoms with Crippen molar-refractivity contribution in [1.29, 1.82) is 0 Å². The van der Waals surface area contributed by atoms with Crippen LogP contribution >= 0.6 is 0 Å². The number of aliphatic hydroxyl groups excluding tert-OH is 1. The first-order valence-corrected chi connectivity index (χ1v) is 7.71. The summed E-state index contributed by atoms with van der Waals surface area (Å²) in [5, 5.41) is 9.72. The Morgan fingerprint density at radius 2 is 1.74 bits per heavy atom. The van der Waals surface area contributed by atoms with Crippen LogP contribution in [-0.2, 0) is 10.0 Å². The normalized spacial score (nSPS) is 31.5. The van der Waals surface area contributed by atoms with E-state index in [2.05, 4.69) is 9.97 Å². The third-order valence-corrected chi connectivity index (χ3v) is 5.82. The molecule has 3 heterocycles. The molecule has 0 spiro atoms. The van der Waals surface area contributed by atoms with Crippen LogP contribution < -0.4 is 5.73 Å². The molecular weight excluding hydrogens is 268 g/mol. The lowest BCUT2D eigenvalue weighted by atomic mass is 10.0. The second-order valence-corrected chi connectivity index (χ2v) is 6.97. The highest BCUT2D eigenvalue weighted by molar-refractivity contribution is 7.89. The second kappa shape index (κ2) is 4.39. The van der Waals surface area contributed by atoms with E-state index in [0.29, 0.717) is 12.8 Å². The molecule has 1 aromatic heterocycles. The summed E-state index contributed by atoms with van der Waals surface area (Å²) < 4.78 is 26.7. The van der Waals surface area contributed by atoms with Gasteiger partial charge in [0, 0.05) is 12.1 Å². The van der Waals surface area contributed by atoms with Gasteiger partial charge in [-0.2, -0.15) is 4.31 Å². The molecule has 0 amide bonds. The Labute approximate surface area is 111 Å². The van der Waals surface area contributed by atoms with E-state index in [4.69, 9.17) is 5.73 Å². The van der Waals surface area contributed by atoms with Crippen molar-refractivity contribution in [3.8, 4) is 0 Å². The maximum Gasteiger partial charge on any atom is 0.246 e. The number of sulfonamides is 1. The number of rotatable bonds is 2. The van der Waals surface area contributed by atoms with Crippen molar-refractivity contribution < 1.29 is 13.5 Å². The summed E-state index contributed by atoms with van der Waals surface area (Å²) in [5.74, 6) is 0.0518. The predicted octanol–water partition coefficient (Wildman–Crippen LogP) is -0.265. The molecule has 7 nitrogen and oxygen atoms in total. The Bertz CT molecular complexity index is 560. The van der Waals surface area contributed by atoms with Crippen LogP contribution in [0.5, 0.6) is 0 Å². The van der Waals surface area contributed by atoms with E-state index in [0.717, 1.165) is 12.8 Å². The van der Waals surface area contributed by atoms with E-state index < -0.39 is 16.1 Å². The zero-order valence-electron chi connectivity index (χ0n) is 10.3. The third kappa shape index (κ3) is 2.09. The molecular formula is C11H16N4O3S. The molecule has 0 aromatic carbocycles. The average molecular weight is 284 g/mol. The number of nitrogens with two attached hydrogens (primary N) is 1. The molecule has 104 valence electrons. The van der Waals surface area contributed by atoms with Crippen LogP contribution in [0.2, 0.25) is 0 Å². The third-order valence-electron chi connectivity index (χ3n) is 3.86. The average Bonchev–Trinajstić information content (AvgIpc) is 2.64. The van der Waals surface area contributed by atoms with Crippen LogP contribution in [0.3, 0.4) is 0 Å². The van der Waals surface area contributed by atoms with Gasteiger partial charge < -0.3 is 10.8 Å². The molecule has 2 aliphatic heterocycles. The van der Waals surface area contributed by atoms with Crippen molar-refractivity contribution in [3.63, 3.8) is 0 Å². The van der Waals surface area contributed by atoms with Crippen LogP contribution in [0, 0.1) is 0 Å². The Balaban J connectivity index is 1.95. The van der Waals surface area contributed by atoms with Gasteiger partial charge in [-0.1, -0.05) is 0 Å². The number of hydrogen-bond donors (Lipinski definition) is 2. The van der Waals surface area contributed by atoms with Gasteiger partial charge in [0.25, 0.3) is 0 Å². The number of anilines is 1. The lowest BCUT2D eigenvalue weighted by molar-refractivity contribution is 0.0768. The summed E-state index contributed by atoms with van der Waals surface area (Å²) in [6.07, 6.45) is 4.70. The largest absolute Gasteiger partial charge is 0.393 e. The fraction of sp³-hybridized carbons (Fsp3) is 0.636. The quantitative estimate of drug-likeness (QED) is 0.774. The molecule has 1 aromatic rings. The Morgan fingerprint density at radius 3 is 2.26 bits per heavy atom. The number of aromatic nitrogens is 2. The summed E-state index contributed by atoms with van der Waals surface area (Å²) in [6.45, 7) is 0. The number of piperidine rings is 1. The Hall–Kier alpha value is -1.25. The lowest BCUT2D eigenvalue weighted by Crippen LogP contribution is -2.47. The topological polar surface area (TPSA) is 109 Å². The minimum atomic E-state index is -3.60. The zero-order valence-corrected chi connectivity index (χ0v) is 11.1. The molecule has 0 saturated carbocycles. The van der Waals surface area contributed by atoms with E-state index in [1.54, 1.807) is 0 Å². The maximum atomic E-state index is 12.6. The molecule has 2 bridgehead atoms. The fourth-order valence-corrected chi connectivity index (χ4v) is 4.86. The van der Waals surface area contributed by atoms with Crippen molar-refractivity contribution in [2.75, 3.05) is 5.73 Å². The van der Waals surface area contributed by atoms with Crippen LogP contribution in [0.15, 0.2) is 17.3 Å². The van der Waals surface area contributed by atoms with Gasteiger partial charge in [-0.25, -0.2) is 18.4 Å². The first kappa shape index (κ1) is 12.8. The van der Waals surface area contributed by atoms with E-state index in [1.807, 2.05) is 0 Å². The first-order valence-electron chi connectivity index (χ1n) is 6.27. The summed E-state index contributed by atoms with van der Waals surface area (Å²) in [5.41, 5.74) is 5.37. The number of fused-ring (bicyclic) bond motifs is 2. The standard InChI is InChI=1S/C11H16N4O3S/c12-11-13-5-10(6-14-11)19(17,18)15-7-1-2-8(15)4-9(16)3-7/h5-9,16H,1-4H2,(H2,12,13,14). The van der Waals surface area contributed by atoms with Crippen molar-refractivity contribution in [2.45, 2.75) is 48.8 Å². The van der Waals surface area contributed by atoms with Gasteiger partial charge in [0.2, 0.25) is 16.0 Å². The number of aliphatic hydroxyl groups is 1. The molecule has 3 N–H and O–H groups in total. The first-order chi connectivity index (χ1) is 8.98. The van der Waals surface area contributed by atoms with Gasteiger partial charge in [-0.3, -0.25) is 0 Å². The molecule has 8 heteroatoms. The molecule has 2 aliphatic rings. The van der Waals surface area contributed by atoms with E-state index in [9.17, 15) is 13.5 Å². The van der Waals surface area contributed by atoms with Gasteiger partial charge in [0.15, 0.2) is 0 Å². The van der Waals surface area contributed by atoms with Gasteiger partial charge >= 0.3 is 0 Å². The second-order valence-electron chi connectivity index (χ2n) is 5.12. The van der Waals surface area contributed by atoms with Gasteiger partial charge in [0.05, 0.1) is 18.5 Å². The molecule has 0 aliphatic carbocycles. The van der Waals surface area contributed by atoms with E-state index in [1.165, 1.54) is 16.7 Å². The van der Waals surface area contributed by atoms with Crippen LogP contribution in [-0.4, -0.2) is 46.0 Å². The molecule has 0 radical (unpaired) electrons. The minimum absolute atomic E-state index is 0.0518. The van der Waals surface area contributed by atoms with Crippen molar-refractivity contribution in [3.05, 3.63) is 12.4 Å². The lowest BCUT2D eigenvalue weighted by Gasteiger charge is -2.35. The SMILES string of the molecule is Nc1ncc(S(=O)(=O)N2C3CCC2CC(O)C3)cn1. The monoisotopic (exact) mass is 284 g/mol. The van der Waals surface area contributed by atoms with Crippen molar-refractivity contribution in [1.82, 2.24) is 14.3 Å². The molecule has 2 saturated heterocycles. The van der Waals surface area contributed by atoms with Crippen LogP contribution in [0.4, 0.5) is 5.95 Å². The number of nitrogens with zero attached hydrogens (tertiary/aromatic N) is 3. The van der Waals surface area contributed by atoms with Crippen molar-refractivity contribution in [2.24, 2.45) is 0 Å². The molecule has 2 atom stereocenters. The van der Waals surface area contributed by atoms with Crippen LogP contribution in [0.25, 0.3) is 0 Å². The molecule has 2 fully saturated rings. The number of hydrogen-bond acceptors (Lipinski definition) is 6. The van der Waals surface area contributed by atoms with Crippen LogP contribution in [0.1, 0.15) is 25.7 Å². The van der Waals surface area contributed by atoms with Gasteiger partial charge in [-0.05, 0) is 25.7 Å². The summed E-state index contributed by atoms with van der Waals surface area (Å²) in [7, 11) is -3.60. The van der Waals surface area contributed by atoms with Gasteiger partial charge in [0.1, 0.15) is 4.90 Å². The summed E-state index contributed by atoms with van der Waals surface area (Å²) in [4.78, 5) is 7.54. The Morgan fingerprint density at radius 1 is 1.21 bits per heavy atom. The smallest absolute Gasteiger partial charge is 0.246 e. The highest BCUT2D eigenvalue weighted by Crippen LogP contribution is 2.39. The van der Waals surface area contributed by atoms with Crippen molar-refractivity contribution >= 4 is 16.0 Å². The Kier molecular flexibility index (Phi) is 2.95. The number of nitrogen functional groups attached to an aromatic ring is 1. The van der Waals surface area contributed by atoms with E-state index in [-0.39, 0.29) is 22.9 Å².